The van der Waals surface area contributed by atoms with Crippen LogP contribution in [-0.4, -0.2) is 29.5 Å². The normalized spacial score (nSPS) is 12.2. The molecule has 0 fully saturated rings. The fourth-order valence-corrected chi connectivity index (χ4v) is 2.46. The molecule has 118 valence electrons. The Hall–Kier alpha value is -1.84. The van der Waals surface area contributed by atoms with Gasteiger partial charge in [-0.3, -0.25) is 0 Å². The first-order valence-corrected chi connectivity index (χ1v) is 7.71. The van der Waals surface area contributed by atoms with Crippen molar-refractivity contribution in [3.8, 4) is 5.75 Å². The molecule has 2 rings (SSSR count). The molecular formula is C19H24O3. The Morgan fingerprint density at radius 3 is 2.36 bits per heavy atom. The van der Waals surface area contributed by atoms with Crippen molar-refractivity contribution < 1.29 is 14.9 Å². The smallest absolute Gasteiger partial charge is 0.122 e. The maximum atomic E-state index is 9.61. The van der Waals surface area contributed by atoms with Crippen LogP contribution in [-0.2, 0) is 12.8 Å². The highest BCUT2D eigenvalue weighted by molar-refractivity contribution is 5.41. The van der Waals surface area contributed by atoms with Crippen LogP contribution in [0.4, 0.5) is 0 Å². The van der Waals surface area contributed by atoms with Crippen molar-refractivity contribution in [3.05, 3.63) is 64.7 Å². The molecule has 0 spiro atoms. The van der Waals surface area contributed by atoms with Crippen LogP contribution in [0.1, 0.15) is 29.2 Å². The molecule has 0 bridgehead atoms. The number of ether oxygens (including phenoxy) is 1. The van der Waals surface area contributed by atoms with Crippen LogP contribution in [0, 0.1) is 6.92 Å². The van der Waals surface area contributed by atoms with Gasteiger partial charge < -0.3 is 14.9 Å². The van der Waals surface area contributed by atoms with Gasteiger partial charge in [0.05, 0.1) is 19.3 Å². The molecule has 3 nitrogen and oxygen atoms in total. The van der Waals surface area contributed by atoms with Gasteiger partial charge in [0.25, 0.3) is 0 Å². The molecule has 0 aromatic heterocycles. The van der Waals surface area contributed by atoms with Gasteiger partial charge in [-0.15, -0.1) is 0 Å². The first kappa shape index (κ1) is 16.5. The van der Waals surface area contributed by atoms with Gasteiger partial charge in [-0.25, -0.2) is 0 Å². The summed E-state index contributed by atoms with van der Waals surface area (Å²) in [6.07, 6.45) is 0.521. The van der Waals surface area contributed by atoms with Gasteiger partial charge in [0.15, 0.2) is 0 Å². The molecule has 0 saturated heterocycles. The van der Waals surface area contributed by atoms with Gasteiger partial charge in [-0.2, -0.15) is 0 Å². The van der Waals surface area contributed by atoms with E-state index in [-0.39, 0.29) is 6.61 Å². The first-order valence-electron chi connectivity index (χ1n) is 7.71. The summed E-state index contributed by atoms with van der Waals surface area (Å²) in [6, 6.07) is 14.4. The lowest BCUT2D eigenvalue weighted by Gasteiger charge is -2.14. The highest BCUT2D eigenvalue weighted by atomic mass is 16.5. The Balaban J connectivity index is 2.24. The summed E-state index contributed by atoms with van der Waals surface area (Å²) in [5, 5.41) is 18.6. The van der Waals surface area contributed by atoms with E-state index in [1.165, 1.54) is 11.1 Å². The summed E-state index contributed by atoms with van der Waals surface area (Å²) < 4.78 is 5.71. The molecule has 0 aliphatic heterocycles. The number of hydrogen-bond acceptors (Lipinski definition) is 3. The van der Waals surface area contributed by atoms with E-state index in [1.807, 2.05) is 19.1 Å². The second-order valence-corrected chi connectivity index (χ2v) is 5.58. The lowest BCUT2D eigenvalue weighted by molar-refractivity contribution is 0.0955. The standard InChI is InChI=1S/C19H24O3/c1-3-22-19-9-8-16(12-18(21)13-20)11-17(19)10-15-6-4-14(2)5-7-15/h4-9,11,18,20-21H,3,10,12-13H2,1-2H3/t18-/m0/s1. The molecule has 3 heteroatoms. The fraction of sp³-hybridized carbons (Fsp3) is 0.368. The Morgan fingerprint density at radius 1 is 1.05 bits per heavy atom. The van der Waals surface area contributed by atoms with Crippen molar-refractivity contribution in [1.82, 2.24) is 0 Å². The Labute approximate surface area is 132 Å². The lowest BCUT2D eigenvalue weighted by Crippen LogP contribution is -2.15. The predicted molar refractivity (Wildman–Crippen MR) is 88.4 cm³/mol. The topological polar surface area (TPSA) is 49.7 Å². The van der Waals surface area contributed by atoms with E-state index in [0.29, 0.717) is 13.0 Å². The van der Waals surface area contributed by atoms with Gasteiger partial charge in [0, 0.05) is 12.8 Å². The summed E-state index contributed by atoms with van der Waals surface area (Å²) in [7, 11) is 0. The van der Waals surface area contributed by atoms with Crippen LogP contribution in [0.3, 0.4) is 0 Å². The minimum atomic E-state index is -0.717. The molecule has 22 heavy (non-hydrogen) atoms. The van der Waals surface area contributed by atoms with E-state index in [2.05, 4.69) is 37.3 Å². The first-order chi connectivity index (χ1) is 10.6. The van der Waals surface area contributed by atoms with Gasteiger partial charge in [0.2, 0.25) is 0 Å². The zero-order valence-corrected chi connectivity index (χ0v) is 13.2. The molecule has 2 N–H and O–H groups in total. The van der Waals surface area contributed by atoms with Crippen LogP contribution in [0.5, 0.6) is 5.75 Å². The number of aliphatic hydroxyl groups is 2. The van der Waals surface area contributed by atoms with Crippen LogP contribution in [0.2, 0.25) is 0 Å². The molecular weight excluding hydrogens is 276 g/mol. The van der Waals surface area contributed by atoms with Crippen LogP contribution < -0.4 is 4.74 Å². The average Bonchev–Trinajstić information content (AvgIpc) is 2.52. The van der Waals surface area contributed by atoms with Gasteiger partial charge in [-0.05, 0) is 36.6 Å². The van der Waals surface area contributed by atoms with E-state index in [1.54, 1.807) is 0 Å². The van der Waals surface area contributed by atoms with Crippen molar-refractivity contribution in [2.24, 2.45) is 0 Å². The number of rotatable bonds is 7. The van der Waals surface area contributed by atoms with E-state index < -0.39 is 6.10 Å². The summed E-state index contributed by atoms with van der Waals surface area (Å²) in [6.45, 7) is 4.45. The SMILES string of the molecule is CCOc1ccc(C[C@H](O)CO)cc1Cc1ccc(C)cc1. The van der Waals surface area contributed by atoms with Crippen LogP contribution in [0.25, 0.3) is 0 Å². The quantitative estimate of drug-likeness (QED) is 0.826. The number of benzene rings is 2. The average molecular weight is 300 g/mol. The summed E-state index contributed by atoms with van der Waals surface area (Å²) in [4.78, 5) is 0. The third kappa shape index (κ3) is 4.58. The van der Waals surface area contributed by atoms with Gasteiger partial charge >= 0.3 is 0 Å². The molecule has 0 aliphatic rings. The van der Waals surface area contributed by atoms with Crippen molar-refractivity contribution >= 4 is 0 Å². The van der Waals surface area contributed by atoms with Crippen molar-refractivity contribution in [3.63, 3.8) is 0 Å². The molecule has 0 amide bonds. The summed E-state index contributed by atoms with van der Waals surface area (Å²) >= 11 is 0. The number of aryl methyl sites for hydroxylation is 1. The maximum Gasteiger partial charge on any atom is 0.122 e. The van der Waals surface area contributed by atoms with Crippen LogP contribution in [0.15, 0.2) is 42.5 Å². The molecule has 2 aromatic carbocycles. The van der Waals surface area contributed by atoms with E-state index >= 15 is 0 Å². The minimum absolute atomic E-state index is 0.222. The van der Waals surface area contributed by atoms with E-state index in [4.69, 9.17) is 9.84 Å². The molecule has 0 aliphatic carbocycles. The second-order valence-electron chi connectivity index (χ2n) is 5.58. The minimum Gasteiger partial charge on any atom is -0.494 e. The molecule has 0 radical (unpaired) electrons. The summed E-state index contributed by atoms with van der Waals surface area (Å²) in [5.41, 5.74) is 4.58. The Morgan fingerprint density at radius 2 is 1.73 bits per heavy atom. The second kappa shape index (κ2) is 7.97. The lowest BCUT2D eigenvalue weighted by atomic mass is 9.99. The Kier molecular flexibility index (Phi) is 5.99. The van der Waals surface area contributed by atoms with E-state index in [9.17, 15) is 5.11 Å². The monoisotopic (exact) mass is 300 g/mol. The third-order valence-corrected chi connectivity index (χ3v) is 3.62. The maximum absolute atomic E-state index is 9.61. The highest BCUT2D eigenvalue weighted by Crippen LogP contribution is 2.24. The molecule has 2 aromatic rings. The van der Waals surface area contributed by atoms with Gasteiger partial charge in [0.1, 0.15) is 5.75 Å². The largest absolute Gasteiger partial charge is 0.494 e. The number of aliphatic hydroxyl groups excluding tert-OH is 2. The van der Waals surface area contributed by atoms with Crippen molar-refractivity contribution in [2.75, 3.05) is 13.2 Å². The predicted octanol–water partition coefficient (Wildman–Crippen LogP) is 2.88. The highest BCUT2D eigenvalue weighted by Gasteiger charge is 2.09. The van der Waals surface area contributed by atoms with Crippen molar-refractivity contribution in [2.45, 2.75) is 32.8 Å². The summed E-state index contributed by atoms with van der Waals surface area (Å²) in [5.74, 6) is 0.880. The molecule has 1 atom stereocenters. The van der Waals surface area contributed by atoms with Crippen LogP contribution >= 0.6 is 0 Å². The number of hydrogen-bond donors (Lipinski definition) is 2. The van der Waals surface area contributed by atoms with Crippen molar-refractivity contribution in [1.29, 1.82) is 0 Å². The zero-order valence-electron chi connectivity index (χ0n) is 13.2. The molecule has 0 saturated carbocycles. The Bertz CT molecular complexity index is 590. The van der Waals surface area contributed by atoms with Gasteiger partial charge in [-0.1, -0.05) is 42.0 Å². The molecule has 0 heterocycles. The molecule has 0 unspecified atom stereocenters. The third-order valence-electron chi connectivity index (χ3n) is 3.62. The fourth-order valence-electron chi connectivity index (χ4n) is 2.46. The zero-order chi connectivity index (χ0) is 15.9. The van der Waals surface area contributed by atoms with E-state index in [0.717, 1.165) is 23.3 Å².